The van der Waals surface area contributed by atoms with Gasteiger partial charge in [-0.05, 0) is 60.2 Å². The van der Waals surface area contributed by atoms with Gasteiger partial charge in [-0.3, -0.25) is 14.4 Å². The lowest BCUT2D eigenvalue weighted by atomic mass is 9.73. The van der Waals surface area contributed by atoms with Gasteiger partial charge in [0.05, 0.1) is 17.9 Å². The average Bonchev–Trinajstić information content (AvgIpc) is 3.73. The monoisotopic (exact) mass is 591 g/mol. The lowest BCUT2D eigenvalue weighted by molar-refractivity contribution is -0.142. The summed E-state index contributed by atoms with van der Waals surface area (Å²) in [6.45, 7) is 4.70. The molecule has 220 valence electrons. The topological polar surface area (TPSA) is 106 Å². The van der Waals surface area contributed by atoms with E-state index in [0.717, 1.165) is 24.8 Å². The normalized spacial score (nSPS) is 34.0. The van der Waals surface area contributed by atoms with Crippen molar-refractivity contribution < 1.29 is 28.6 Å². The van der Waals surface area contributed by atoms with Crippen molar-refractivity contribution in [2.24, 2.45) is 23.7 Å². The summed E-state index contributed by atoms with van der Waals surface area (Å²) < 4.78 is 17.5. The van der Waals surface area contributed by atoms with Gasteiger partial charge in [-0.1, -0.05) is 56.5 Å². The molecule has 1 spiro atoms. The Morgan fingerprint density at radius 2 is 1.83 bits per heavy atom. The number of carbonyl (C=O) groups is 3. The lowest BCUT2D eigenvalue weighted by Gasteiger charge is -2.38. The van der Waals surface area contributed by atoms with Crippen LogP contribution in [0.25, 0.3) is 0 Å². The largest absolute Gasteiger partial charge is 0.454 e. The molecule has 1 aliphatic carbocycles. The number of ether oxygens (including phenoxy) is 3. The van der Waals surface area contributed by atoms with Gasteiger partial charge in [0.25, 0.3) is 0 Å². The maximum absolute atomic E-state index is 14.3. The number of fused-ring (bicyclic) bond motifs is 2. The van der Waals surface area contributed by atoms with Gasteiger partial charge in [0.15, 0.2) is 11.5 Å². The number of likely N-dealkylation sites (tertiary alicyclic amines) is 1. The molecule has 2 bridgehead atoms. The number of nitrogens with one attached hydrogen (secondary N) is 2. The third-order valence-corrected chi connectivity index (χ3v) is 10.1. The molecule has 3 fully saturated rings. The summed E-state index contributed by atoms with van der Waals surface area (Å²) in [6.07, 6.45) is 6.12. The molecule has 4 heterocycles. The highest BCUT2D eigenvalue weighted by Gasteiger charge is 2.72. The fraction of sp³-hybridized carbons (Fsp3) is 0.469. The molecule has 5 aliphatic rings. The van der Waals surface area contributed by atoms with Crippen molar-refractivity contribution in [1.82, 2.24) is 10.2 Å². The minimum absolute atomic E-state index is 0.00535. The minimum Gasteiger partial charge on any atom is -0.454 e. The van der Waals surface area contributed by atoms with Gasteiger partial charge in [-0.2, -0.15) is 0 Å². The van der Waals surface area contributed by atoms with Crippen LogP contribution >= 0.6 is 11.6 Å². The second kappa shape index (κ2) is 10.3. The second-order valence-corrected chi connectivity index (χ2v) is 12.7. The molecule has 10 heteroatoms. The fourth-order valence-corrected chi connectivity index (χ4v) is 7.61. The van der Waals surface area contributed by atoms with Gasteiger partial charge in [-0.15, -0.1) is 0 Å². The number of anilines is 1. The molecule has 2 saturated heterocycles. The summed E-state index contributed by atoms with van der Waals surface area (Å²) in [5.41, 5.74) is 0.123. The molecule has 0 aromatic heterocycles. The molecule has 2 aromatic rings. The van der Waals surface area contributed by atoms with Crippen LogP contribution < -0.4 is 20.1 Å². The lowest BCUT2D eigenvalue weighted by Crippen LogP contribution is -2.57. The third kappa shape index (κ3) is 4.36. The van der Waals surface area contributed by atoms with Crippen molar-refractivity contribution in [2.45, 2.75) is 63.4 Å². The highest BCUT2D eigenvalue weighted by molar-refractivity contribution is 6.30. The number of benzene rings is 2. The van der Waals surface area contributed by atoms with Gasteiger partial charge in [-0.25, -0.2) is 0 Å². The van der Waals surface area contributed by atoms with E-state index in [0.29, 0.717) is 34.0 Å². The number of carbonyl (C=O) groups excluding carboxylic acids is 3. The van der Waals surface area contributed by atoms with Crippen molar-refractivity contribution in [3.8, 4) is 11.5 Å². The molecular weight excluding hydrogens is 558 g/mol. The molecule has 42 heavy (non-hydrogen) atoms. The van der Waals surface area contributed by atoms with Crippen LogP contribution in [0, 0.1) is 23.7 Å². The average molecular weight is 592 g/mol. The molecule has 1 saturated carbocycles. The van der Waals surface area contributed by atoms with Crippen LogP contribution in [0.5, 0.6) is 11.5 Å². The summed E-state index contributed by atoms with van der Waals surface area (Å²) in [7, 11) is 0. The van der Waals surface area contributed by atoms with Crippen LogP contribution in [0.2, 0.25) is 5.02 Å². The summed E-state index contributed by atoms with van der Waals surface area (Å²) in [5.74, 6) is -0.445. The minimum atomic E-state index is -1.24. The Morgan fingerprint density at radius 1 is 1.05 bits per heavy atom. The third-order valence-electron chi connectivity index (χ3n) is 9.86. The smallest absolute Gasteiger partial charge is 0.246 e. The van der Waals surface area contributed by atoms with Crippen LogP contribution in [0.1, 0.15) is 38.7 Å². The van der Waals surface area contributed by atoms with Gasteiger partial charge in [0.2, 0.25) is 24.5 Å². The molecule has 7 rings (SSSR count). The summed E-state index contributed by atoms with van der Waals surface area (Å²) in [6, 6.07) is 11.4. The Morgan fingerprint density at radius 3 is 2.64 bits per heavy atom. The van der Waals surface area contributed by atoms with E-state index in [1.54, 1.807) is 29.2 Å². The predicted molar refractivity (Wildman–Crippen MR) is 155 cm³/mol. The molecule has 2 aromatic carbocycles. The van der Waals surface area contributed by atoms with Gasteiger partial charge < -0.3 is 29.7 Å². The molecule has 0 radical (unpaired) electrons. The van der Waals surface area contributed by atoms with E-state index < -0.39 is 29.6 Å². The van der Waals surface area contributed by atoms with Crippen LogP contribution in [0.15, 0.2) is 54.6 Å². The molecular formula is C32H34ClN3O6. The zero-order chi connectivity index (χ0) is 29.2. The molecule has 2 N–H and O–H groups in total. The SMILES string of the molecule is C[C@H]1[C@H](C)CCC[C@@H]1NC(=O)[C@@H]1N(Cc2ccc3c(c2)OCO3)C(=O)[C@@H]2[C@@H](C(=O)Nc3ccc(Cl)cc3)[C@@H]3C=C[C@]21O3. The van der Waals surface area contributed by atoms with Crippen LogP contribution in [-0.2, 0) is 25.7 Å². The van der Waals surface area contributed by atoms with Crippen molar-refractivity contribution in [1.29, 1.82) is 0 Å². The number of rotatable bonds is 6. The van der Waals surface area contributed by atoms with Crippen molar-refractivity contribution in [3.05, 3.63) is 65.2 Å². The number of hydrogen-bond acceptors (Lipinski definition) is 6. The van der Waals surface area contributed by atoms with Crippen molar-refractivity contribution in [3.63, 3.8) is 0 Å². The van der Waals surface area contributed by atoms with Gasteiger partial charge in [0.1, 0.15) is 11.6 Å². The first-order chi connectivity index (χ1) is 20.2. The van der Waals surface area contributed by atoms with E-state index in [1.165, 1.54) is 0 Å². The summed E-state index contributed by atoms with van der Waals surface area (Å²) in [4.78, 5) is 43.8. The quantitative estimate of drug-likeness (QED) is 0.485. The molecule has 9 nitrogen and oxygen atoms in total. The highest BCUT2D eigenvalue weighted by atomic mass is 35.5. The van der Waals surface area contributed by atoms with E-state index in [9.17, 15) is 14.4 Å². The Labute approximate surface area is 249 Å². The summed E-state index contributed by atoms with van der Waals surface area (Å²) in [5, 5.41) is 6.77. The van der Waals surface area contributed by atoms with E-state index >= 15 is 0 Å². The number of hydrogen-bond donors (Lipinski definition) is 2. The Kier molecular flexibility index (Phi) is 6.70. The van der Waals surface area contributed by atoms with E-state index in [2.05, 4.69) is 24.5 Å². The molecule has 8 atom stereocenters. The Bertz CT molecular complexity index is 1460. The first kappa shape index (κ1) is 27.3. The number of amides is 3. The molecule has 3 amide bonds. The number of nitrogens with zero attached hydrogens (tertiary/aromatic N) is 1. The van der Waals surface area contributed by atoms with E-state index in [-0.39, 0.29) is 37.1 Å². The zero-order valence-corrected chi connectivity index (χ0v) is 24.3. The fourth-order valence-electron chi connectivity index (χ4n) is 7.48. The van der Waals surface area contributed by atoms with Gasteiger partial charge in [0, 0.05) is 23.3 Å². The maximum Gasteiger partial charge on any atom is 0.246 e. The first-order valence-electron chi connectivity index (χ1n) is 14.7. The number of halogens is 1. The summed E-state index contributed by atoms with van der Waals surface area (Å²) >= 11 is 6.02. The standard InChI is InChI=1S/C32H34ClN3O6/c1-17-4-3-5-22(18(17)2)35-30(38)28-32-13-12-24(42-32)26(29(37)34-21-9-7-20(33)8-10-21)27(32)31(39)36(28)15-19-6-11-23-25(14-19)41-16-40-23/h6-14,17-18,22,24,26-28H,3-5,15-16H2,1-2H3,(H,34,37)(H,35,38)/t17-,18+,22+,24+,26+,27+,28+,32+/m1/s1. The van der Waals surface area contributed by atoms with Crippen LogP contribution in [0.4, 0.5) is 5.69 Å². The van der Waals surface area contributed by atoms with Crippen molar-refractivity contribution >= 4 is 35.0 Å². The Balaban J connectivity index is 1.21. The maximum atomic E-state index is 14.3. The van der Waals surface area contributed by atoms with E-state index in [4.69, 9.17) is 25.8 Å². The highest BCUT2D eigenvalue weighted by Crippen LogP contribution is 2.55. The first-order valence-corrected chi connectivity index (χ1v) is 15.1. The van der Waals surface area contributed by atoms with Crippen molar-refractivity contribution in [2.75, 3.05) is 12.1 Å². The predicted octanol–water partition coefficient (Wildman–Crippen LogP) is 4.30. The zero-order valence-electron chi connectivity index (χ0n) is 23.5. The second-order valence-electron chi connectivity index (χ2n) is 12.2. The Hall–Kier alpha value is -3.56. The molecule has 4 aliphatic heterocycles. The van der Waals surface area contributed by atoms with E-state index in [1.807, 2.05) is 30.4 Å². The molecule has 0 unspecified atom stereocenters. The van der Waals surface area contributed by atoms with Crippen LogP contribution in [-0.4, -0.2) is 53.2 Å². The van der Waals surface area contributed by atoms with Gasteiger partial charge >= 0.3 is 0 Å². The van der Waals surface area contributed by atoms with Crippen LogP contribution in [0.3, 0.4) is 0 Å².